The van der Waals surface area contributed by atoms with Crippen molar-refractivity contribution in [3.05, 3.63) is 23.2 Å². The van der Waals surface area contributed by atoms with E-state index in [1.807, 2.05) is 31.7 Å². The van der Waals surface area contributed by atoms with Crippen molar-refractivity contribution in [2.24, 2.45) is 5.41 Å². The van der Waals surface area contributed by atoms with Crippen LogP contribution in [0.2, 0.25) is 5.02 Å². The minimum atomic E-state index is -0.344. The molecule has 0 N–H and O–H groups in total. The van der Waals surface area contributed by atoms with E-state index in [-0.39, 0.29) is 11.3 Å². The normalized spacial score (nSPS) is 16.7. The number of fused-ring (bicyclic) bond motifs is 1. The smallest absolute Gasteiger partial charge is 0.298 e. The van der Waals surface area contributed by atoms with Crippen LogP contribution >= 0.6 is 11.6 Å². The Morgan fingerprint density at radius 1 is 1.22 bits per heavy atom. The van der Waals surface area contributed by atoms with Gasteiger partial charge in [0.2, 0.25) is 5.91 Å². The van der Waals surface area contributed by atoms with Gasteiger partial charge in [0.1, 0.15) is 5.52 Å². The molecule has 0 spiro atoms. The molecule has 124 valence electrons. The van der Waals surface area contributed by atoms with Gasteiger partial charge in [-0.2, -0.15) is 4.98 Å². The highest BCUT2D eigenvalue weighted by Gasteiger charge is 2.29. The summed E-state index contributed by atoms with van der Waals surface area (Å²) in [6.45, 7) is 8.90. The quantitative estimate of drug-likeness (QED) is 0.799. The third-order valence-electron chi connectivity index (χ3n) is 4.03. The van der Waals surface area contributed by atoms with Gasteiger partial charge in [0.05, 0.1) is 0 Å². The minimum Gasteiger partial charge on any atom is -0.423 e. The first kappa shape index (κ1) is 16.1. The standard InChI is InChI=1S/C17H22ClN3O2/c1-17(2,3)15(22)20-7-4-8-21(10-9-20)16-19-13-11-12(18)5-6-14(13)23-16/h5-6,11H,4,7-10H2,1-3H3. The second-order valence-electron chi connectivity index (χ2n) is 6.99. The molecule has 1 aliphatic rings. The summed E-state index contributed by atoms with van der Waals surface area (Å²) in [6, 6.07) is 6.04. The van der Waals surface area contributed by atoms with Gasteiger partial charge in [-0.3, -0.25) is 4.79 Å². The van der Waals surface area contributed by atoms with Crippen molar-refractivity contribution in [1.29, 1.82) is 0 Å². The van der Waals surface area contributed by atoms with Crippen LogP contribution in [0.25, 0.3) is 11.1 Å². The third kappa shape index (κ3) is 3.44. The third-order valence-corrected chi connectivity index (χ3v) is 4.27. The van der Waals surface area contributed by atoms with Gasteiger partial charge in [-0.15, -0.1) is 0 Å². The number of hydrogen-bond acceptors (Lipinski definition) is 4. The number of nitrogens with zero attached hydrogens (tertiary/aromatic N) is 3. The molecule has 1 fully saturated rings. The van der Waals surface area contributed by atoms with Gasteiger partial charge in [-0.1, -0.05) is 32.4 Å². The fraction of sp³-hybridized carbons (Fsp3) is 0.529. The summed E-state index contributed by atoms with van der Waals surface area (Å²) in [5.74, 6) is 0.198. The van der Waals surface area contributed by atoms with E-state index in [4.69, 9.17) is 16.0 Å². The number of oxazole rings is 1. The molecule has 0 unspecified atom stereocenters. The van der Waals surface area contributed by atoms with E-state index < -0.39 is 0 Å². The summed E-state index contributed by atoms with van der Waals surface area (Å²) in [5, 5.41) is 0.648. The molecule has 2 aromatic rings. The van der Waals surface area contributed by atoms with E-state index in [1.165, 1.54) is 0 Å². The molecule has 1 aromatic heterocycles. The van der Waals surface area contributed by atoms with Crippen molar-refractivity contribution in [3.8, 4) is 0 Å². The monoisotopic (exact) mass is 335 g/mol. The van der Waals surface area contributed by atoms with Crippen molar-refractivity contribution in [2.45, 2.75) is 27.2 Å². The molecule has 1 aliphatic heterocycles. The Hall–Kier alpha value is -1.75. The Morgan fingerprint density at radius 2 is 2.00 bits per heavy atom. The Bertz CT molecular complexity index is 720. The van der Waals surface area contributed by atoms with Crippen molar-refractivity contribution < 1.29 is 9.21 Å². The zero-order valence-electron chi connectivity index (χ0n) is 13.8. The molecular formula is C17H22ClN3O2. The molecule has 3 rings (SSSR count). The summed E-state index contributed by atoms with van der Waals surface area (Å²) >= 11 is 6.00. The highest BCUT2D eigenvalue weighted by Crippen LogP contribution is 2.26. The first-order chi connectivity index (χ1) is 10.8. The van der Waals surface area contributed by atoms with E-state index in [2.05, 4.69) is 9.88 Å². The molecule has 1 aromatic carbocycles. The lowest BCUT2D eigenvalue weighted by molar-refractivity contribution is -0.139. The Morgan fingerprint density at radius 3 is 2.74 bits per heavy atom. The molecule has 0 radical (unpaired) electrons. The van der Waals surface area contributed by atoms with Crippen LogP contribution in [0.3, 0.4) is 0 Å². The number of carbonyl (C=O) groups excluding carboxylic acids is 1. The zero-order chi connectivity index (χ0) is 16.6. The molecule has 0 atom stereocenters. The SMILES string of the molecule is CC(C)(C)C(=O)N1CCCN(c2nc3cc(Cl)ccc3o2)CC1. The molecule has 0 saturated carbocycles. The number of rotatable bonds is 1. The first-order valence-electron chi connectivity index (χ1n) is 7.95. The van der Waals surface area contributed by atoms with Crippen LogP contribution in [0.1, 0.15) is 27.2 Å². The molecule has 0 bridgehead atoms. The van der Waals surface area contributed by atoms with Crippen molar-refractivity contribution >= 4 is 34.6 Å². The van der Waals surface area contributed by atoms with Crippen LogP contribution in [0.4, 0.5) is 6.01 Å². The van der Waals surface area contributed by atoms with Gasteiger partial charge >= 0.3 is 0 Å². The van der Waals surface area contributed by atoms with Gasteiger partial charge in [0.25, 0.3) is 6.01 Å². The number of benzene rings is 1. The van der Waals surface area contributed by atoms with Crippen LogP contribution in [0.5, 0.6) is 0 Å². The van der Waals surface area contributed by atoms with E-state index in [9.17, 15) is 4.79 Å². The second kappa shape index (κ2) is 6.04. The van der Waals surface area contributed by atoms with E-state index in [1.54, 1.807) is 12.1 Å². The topological polar surface area (TPSA) is 49.6 Å². The summed E-state index contributed by atoms with van der Waals surface area (Å²) in [6.07, 6.45) is 0.904. The summed E-state index contributed by atoms with van der Waals surface area (Å²) < 4.78 is 5.83. The van der Waals surface area contributed by atoms with Crippen LogP contribution < -0.4 is 4.90 Å². The minimum absolute atomic E-state index is 0.198. The molecule has 1 saturated heterocycles. The zero-order valence-corrected chi connectivity index (χ0v) is 14.6. The highest BCUT2D eigenvalue weighted by atomic mass is 35.5. The number of hydrogen-bond donors (Lipinski definition) is 0. The predicted octanol–water partition coefficient (Wildman–Crippen LogP) is 3.57. The van der Waals surface area contributed by atoms with Crippen molar-refractivity contribution in [2.75, 3.05) is 31.1 Å². The molecule has 5 nitrogen and oxygen atoms in total. The number of carbonyl (C=O) groups is 1. The maximum atomic E-state index is 12.4. The van der Waals surface area contributed by atoms with Crippen molar-refractivity contribution in [3.63, 3.8) is 0 Å². The molecule has 6 heteroatoms. The predicted molar refractivity (Wildman–Crippen MR) is 91.9 cm³/mol. The Labute approximate surface area is 141 Å². The largest absolute Gasteiger partial charge is 0.423 e. The van der Waals surface area contributed by atoms with Crippen LogP contribution in [-0.4, -0.2) is 42.0 Å². The Kier molecular flexibility index (Phi) is 4.23. The van der Waals surface area contributed by atoms with E-state index in [0.717, 1.165) is 37.2 Å². The second-order valence-corrected chi connectivity index (χ2v) is 7.43. The lowest BCUT2D eigenvalue weighted by Gasteiger charge is -2.28. The van der Waals surface area contributed by atoms with Gasteiger partial charge in [-0.25, -0.2) is 0 Å². The van der Waals surface area contributed by atoms with Gasteiger partial charge < -0.3 is 14.2 Å². The summed E-state index contributed by atoms with van der Waals surface area (Å²) in [7, 11) is 0. The maximum Gasteiger partial charge on any atom is 0.298 e. The highest BCUT2D eigenvalue weighted by molar-refractivity contribution is 6.31. The van der Waals surface area contributed by atoms with E-state index in [0.29, 0.717) is 17.6 Å². The Balaban J connectivity index is 1.75. The van der Waals surface area contributed by atoms with Crippen LogP contribution in [0, 0.1) is 5.41 Å². The van der Waals surface area contributed by atoms with E-state index >= 15 is 0 Å². The first-order valence-corrected chi connectivity index (χ1v) is 8.33. The van der Waals surface area contributed by atoms with Crippen LogP contribution in [-0.2, 0) is 4.79 Å². The summed E-state index contributed by atoms with van der Waals surface area (Å²) in [4.78, 5) is 21.0. The van der Waals surface area contributed by atoms with Crippen molar-refractivity contribution in [1.82, 2.24) is 9.88 Å². The maximum absolute atomic E-state index is 12.4. The average molecular weight is 336 g/mol. The number of anilines is 1. The fourth-order valence-corrected chi connectivity index (χ4v) is 2.98. The van der Waals surface area contributed by atoms with Gasteiger partial charge in [0.15, 0.2) is 5.58 Å². The molecule has 2 heterocycles. The molecule has 0 aliphatic carbocycles. The molecular weight excluding hydrogens is 314 g/mol. The summed E-state index contributed by atoms with van der Waals surface area (Å²) in [5.41, 5.74) is 1.15. The van der Waals surface area contributed by atoms with Gasteiger partial charge in [0, 0.05) is 36.6 Å². The molecule has 23 heavy (non-hydrogen) atoms. The molecule has 1 amide bonds. The van der Waals surface area contributed by atoms with Gasteiger partial charge in [-0.05, 0) is 24.6 Å². The number of halogens is 1. The number of aromatic nitrogens is 1. The fourth-order valence-electron chi connectivity index (χ4n) is 2.81. The lowest BCUT2D eigenvalue weighted by atomic mass is 9.94. The lowest BCUT2D eigenvalue weighted by Crippen LogP contribution is -2.41. The number of amides is 1. The average Bonchev–Trinajstić information content (AvgIpc) is 2.74. The van der Waals surface area contributed by atoms with Crippen LogP contribution in [0.15, 0.2) is 22.6 Å².